The lowest BCUT2D eigenvalue weighted by Crippen LogP contribution is -2.48. The van der Waals surface area contributed by atoms with Gasteiger partial charge in [0.25, 0.3) is 0 Å². The zero-order valence-electron chi connectivity index (χ0n) is 19.0. The topological polar surface area (TPSA) is 53.4 Å². The van der Waals surface area contributed by atoms with E-state index in [1.807, 2.05) is 12.1 Å². The van der Waals surface area contributed by atoms with Gasteiger partial charge in [-0.05, 0) is 29.8 Å². The summed E-state index contributed by atoms with van der Waals surface area (Å²) in [6.07, 6.45) is 0. The van der Waals surface area contributed by atoms with Crippen molar-refractivity contribution in [2.24, 2.45) is 0 Å². The van der Waals surface area contributed by atoms with Crippen molar-refractivity contribution in [3.63, 3.8) is 0 Å². The van der Waals surface area contributed by atoms with Gasteiger partial charge in [-0.15, -0.1) is 0 Å². The number of carbonyl (C=O) groups excluding carboxylic acids is 1. The van der Waals surface area contributed by atoms with Gasteiger partial charge in [0.15, 0.2) is 0 Å². The first kappa shape index (κ1) is 22.3. The fraction of sp³-hybridized carbons (Fsp3) is 0.259. The SMILES string of the molecule is O=C(CN1CCN(Cc2nc3ccccc3n2Cc2ccccc2)CC1)Nc1ccccc1F. The molecule has 1 fully saturated rings. The molecule has 4 aromatic rings. The number of halogens is 1. The molecule has 2 heterocycles. The van der Waals surface area contributed by atoms with Crippen molar-refractivity contribution in [1.29, 1.82) is 0 Å². The Hall–Kier alpha value is -3.55. The number of para-hydroxylation sites is 3. The number of piperazine rings is 1. The van der Waals surface area contributed by atoms with Gasteiger partial charge in [0, 0.05) is 32.7 Å². The van der Waals surface area contributed by atoms with E-state index in [-0.39, 0.29) is 18.1 Å². The predicted octanol–water partition coefficient (Wildman–Crippen LogP) is 3.98. The lowest BCUT2D eigenvalue weighted by molar-refractivity contribution is -0.117. The molecule has 0 radical (unpaired) electrons. The summed E-state index contributed by atoms with van der Waals surface area (Å²) in [5, 5.41) is 2.67. The van der Waals surface area contributed by atoms with Gasteiger partial charge in [0.05, 0.1) is 29.8 Å². The molecule has 0 spiro atoms. The number of hydrogen-bond acceptors (Lipinski definition) is 4. The molecule has 1 amide bonds. The maximum atomic E-state index is 13.8. The van der Waals surface area contributed by atoms with E-state index in [2.05, 4.69) is 62.1 Å². The van der Waals surface area contributed by atoms with Gasteiger partial charge < -0.3 is 9.88 Å². The standard InChI is InChI=1S/C27H28FN5O/c28-22-10-4-5-11-23(22)30-27(34)20-32-16-14-31(15-17-32)19-26-29-24-12-6-7-13-25(24)33(26)18-21-8-2-1-3-9-21/h1-13H,14-20H2,(H,30,34). The van der Waals surface area contributed by atoms with Crippen LogP contribution in [-0.4, -0.2) is 58.0 Å². The smallest absolute Gasteiger partial charge is 0.238 e. The number of amides is 1. The Kier molecular flexibility index (Phi) is 6.65. The number of anilines is 1. The molecule has 0 unspecified atom stereocenters. The minimum absolute atomic E-state index is 0.191. The monoisotopic (exact) mass is 457 g/mol. The minimum Gasteiger partial charge on any atom is -0.322 e. The van der Waals surface area contributed by atoms with Crippen LogP contribution in [-0.2, 0) is 17.9 Å². The van der Waals surface area contributed by atoms with E-state index in [4.69, 9.17) is 4.98 Å². The third kappa shape index (κ3) is 5.16. The van der Waals surface area contributed by atoms with Crippen molar-refractivity contribution in [3.05, 3.63) is 96.1 Å². The highest BCUT2D eigenvalue weighted by atomic mass is 19.1. The van der Waals surface area contributed by atoms with E-state index in [9.17, 15) is 9.18 Å². The number of imidazole rings is 1. The van der Waals surface area contributed by atoms with Crippen LogP contribution < -0.4 is 5.32 Å². The van der Waals surface area contributed by atoms with Gasteiger partial charge in [-0.3, -0.25) is 14.6 Å². The normalized spacial score (nSPS) is 15.0. The van der Waals surface area contributed by atoms with Crippen molar-refractivity contribution in [1.82, 2.24) is 19.4 Å². The number of fused-ring (bicyclic) bond motifs is 1. The largest absolute Gasteiger partial charge is 0.322 e. The van der Waals surface area contributed by atoms with Crippen LogP contribution in [0, 0.1) is 5.82 Å². The molecule has 6 nitrogen and oxygen atoms in total. The Morgan fingerprint density at radius 1 is 0.824 bits per heavy atom. The van der Waals surface area contributed by atoms with E-state index < -0.39 is 5.82 Å². The fourth-order valence-corrected chi connectivity index (χ4v) is 4.45. The minimum atomic E-state index is -0.418. The Morgan fingerprint density at radius 2 is 1.50 bits per heavy atom. The summed E-state index contributed by atoms with van der Waals surface area (Å²) in [6, 6.07) is 25.0. The highest BCUT2D eigenvalue weighted by Gasteiger charge is 2.21. The first-order valence-electron chi connectivity index (χ1n) is 11.6. The van der Waals surface area contributed by atoms with Crippen molar-refractivity contribution >= 4 is 22.6 Å². The average molecular weight is 458 g/mol. The summed E-state index contributed by atoms with van der Waals surface area (Å²) in [6.45, 7) is 5.06. The number of aromatic nitrogens is 2. The van der Waals surface area contributed by atoms with Crippen molar-refractivity contribution in [3.8, 4) is 0 Å². The molecule has 5 rings (SSSR count). The highest BCUT2D eigenvalue weighted by molar-refractivity contribution is 5.92. The summed E-state index contributed by atoms with van der Waals surface area (Å²) < 4.78 is 16.1. The fourth-order valence-electron chi connectivity index (χ4n) is 4.45. The number of carbonyl (C=O) groups is 1. The second-order valence-electron chi connectivity index (χ2n) is 8.67. The van der Waals surface area contributed by atoms with Crippen LogP contribution in [0.4, 0.5) is 10.1 Å². The third-order valence-corrected chi connectivity index (χ3v) is 6.26. The summed E-state index contributed by atoms with van der Waals surface area (Å²) in [4.78, 5) is 21.8. The maximum absolute atomic E-state index is 13.8. The lowest BCUT2D eigenvalue weighted by Gasteiger charge is -2.34. The third-order valence-electron chi connectivity index (χ3n) is 6.26. The number of hydrogen-bond donors (Lipinski definition) is 1. The van der Waals surface area contributed by atoms with Crippen LogP contribution in [0.1, 0.15) is 11.4 Å². The van der Waals surface area contributed by atoms with E-state index >= 15 is 0 Å². The summed E-state index contributed by atoms with van der Waals surface area (Å²) in [5.41, 5.74) is 3.63. The molecular formula is C27H28FN5O. The van der Waals surface area contributed by atoms with Gasteiger partial charge in [-0.1, -0.05) is 54.6 Å². The molecule has 0 aliphatic carbocycles. The van der Waals surface area contributed by atoms with E-state index in [1.165, 1.54) is 11.6 Å². The van der Waals surface area contributed by atoms with Gasteiger partial charge in [-0.25, -0.2) is 9.37 Å². The predicted molar refractivity (Wildman–Crippen MR) is 132 cm³/mol. The number of rotatable bonds is 7. The lowest BCUT2D eigenvalue weighted by atomic mass is 10.2. The summed E-state index contributed by atoms with van der Waals surface area (Å²) in [5.74, 6) is 0.443. The number of benzene rings is 3. The van der Waals surface area contributed by atoms with E-state index in [1.54, 1.807) is 18.2 Å². The van der Waals surface area contributed by atoms with Crippen LogP contribution in [0.5, 0.6) is 0 Å². The molecule has 1 N–H and O–H groups in total. The van der Waals surface area contributed by atoms with Crippen molar-refractivity contribution in [2.45, 2.75) is 13.1 Å². The molecular weight excluding hydrogens is 429 g/mol. The summed E-state index contributed by atoms with van der Waals surface area (Å²) >= 11 is 0. The number of nitrogens with one attached hydrogen (secondary N) is 1. The van der Waals surface area contributed by atoms with Crippen LogP contribution in [0.3, 0.4) is 0 Å². The van der Waals surface area contributed by atoms with Gasteiger partial charge in [0.2, 0.25) is 5.91 Å². The van der Waals surface area contributed by atoms with Crippen LogP contribution >= 0.6 is 0 Å². The maximum Gasteiger partial charge on any atom is 0.238 e. The van der Waals surface area contributed by atoms with Crippen LogP contribution in [0.25, 0.3) is 11.0 Å². The Balaban J connectivity index is 1.21. The first-order valence-corrected chi connectivity index (χ1v) is 11.6. The average Bonchev–Trinajstić information content (AvgIpc) is 3.19. The Labute approximate surface area is 198 Å². The van der Waals surface area contributed by atoms with Crippen molar-refractivity contribution < 1.29 is 9.18 Å². The number of nitrogens with zero attached hydrogens (tertiary/aromatic N) is 4. The van der Waals surface area contributed by atoms with Gasteiger partial charge in [0.1, 0.15) is 11.6 Å². The molecule has 0 saturated carbocycles. The Morgan fingerprint density at radius 3 is 2.29 bits per heavy atom. The van der Waals surface area contributed by atoms with E-state index in [0.29, 0.717) is 0 Å². The zero-order valence-corrected chi connectivity index (χ0v) is 19.0. The van der Waals surface area contributed by atoms with Crippen LogP contribution in [0.2, 0.25) is 0 Å². The van der Waals surface area contributed by atoms with Crippen molar-refractivity contribution in [2.75, 3.05) is 38.0 Å². The quantitative estimate of drug-likeness (QED) is 0.456. The molecule has 34 heavy (non-hydrogen) atoms. The van der Waals surface area contributed by atoms with Gasteiger partial charge in [-0.2, -0.15) is 0 Å². The highest BCUT2D eigenvalue weighted by Crippen LogP contribution is 2.20. The molecule has 0 bridgehead atoms. The molecule has 0 atom stereocenters. The second kappa shape index (κ2) is 10.2. The molecule has 1 aliphatic rings. The molecule has 7 heteroatoms. The molecule has 1 aliphatic heterocycles. The second-order valence-corrected chi connectivity index (χ2v) is 8.67. The molecule has 1 saturated heterocycles. The zero-order chi connectivity index (χ0) is 23.3. The summed E-state index contributed by atoms with van der Waals surface area (Å²) in [7, 11) is 0. The van der Waals surface area contributed by atoms with E-state index in [0.717, 1.165) is 56.1 Å². The Bertz CT molecular complexity index is 1260. The molecule has 3 aromatic carbocycles. The first-order chi connectivity index (χ1) is 16.7. The van der Waals surface area contributed by atoms with Gasteiger partial charge >= 0.3 is 0 Å². The molecule has 1 aromatic heterocycles. The van der Waals surface area contributed by atoms with Crippen LogP contribution in [0.15, 0.2) is 78.9 Å². The molecule has 174 valence electrons.